The van der Waals surface area contributed by atoms with Crippen LogP contribution in [0, 0.1) is 0 Å². The highest BCUT2D eigenvalue weighted by atomic mass is 35.5. The van der Waals surface area contributed by atoms with Crippen LogP contribution < -0.4 is 10.6 Å². The van der Waals surface area contributed by atoms with Crippen LogP contribution in [-0.4, -0.2) is 44.7 Å². The van der Waals surface area contributed by atoms with Crippen molar-refractivity contribution in [3.05, 3.63) is 28.8 Å². The summed E-state index contributed by atoms with van der Waals surface area (Å²) in [5.74, 6) is -1.83. The number of nitrogens with one attached hydrogen (secondary N) is 2. The number of hydrogen-bond donors (Lipinski definition) is 2. The van der Waals surface area contributed by atoms with Gasteiger partial charge in [-0.3, -0.25) is 10.1 Å². The Morgan fingerprint density at radius 3 is 2.32 bits per heavy atom. The van der Waals surface area contributed by atoms with Crippen molar-refractivity contribution in [2.24, 2.45) is 0 Å². The number of ether oxygens (including phenoxy) is 1. The van der Waals surface area contributed by atoms with Crippen LogP contribution in [0.2, 0.25) is 5.02 Å². The quantitative estimate of drug-likeness (QED) is 0.752. The van der Waals surface area contributed by atoms with Crippen molar-refractivity contribution in [2.45, 2.75) is 31.2 Å². The van der Waals surface area contributed by atoms with E-state index >= 15 is 0 Å². The number of hydrogen-bond acceptors (Lipinski definition) is 6. The van der Waals surface area contributed by atoms with Crippen LogP contribution in [0.3, 0.4) is 0 Å². The summed E-state index contributed by atoms with van der Waals surface area (Å²) in [5.41, 5.74) is -0.739. The van der Waals surface area contributed by atoms with Crippen molar-refractivity contribution >= 4 is 39.3 Å². The number of sulfone groups is 1. The predicted octanol–water partition coefficient (Wildman–Crippen LogP) is 1.52. The van der Waals surface area contributed by atoms with E-state index in [1.165, 1.54) is 12.1 Å². The molecule has 1 aromatic carbocycles. The molecule has 2 N–H and O–H groups in total. The van der Waals surface area contributed by atoms with Gasteiger partial charge in [0.25, 0.3) is 5.91 Å². The van der Waals surface area contributed by atoms with E-state index < -0.39 is 39.9 Å². The number of halogens is 1. The Kier molecular flexibility index (Phi) is 6.55. The molecule has 10 heteroatoms. The van der Waals surface area contributed by atoms with Crippen LogP contribution in [-0.2, 0) is 19.4 Å². The summed E-state index contributed by atoms with van der Waals surface area (Å²) in [6.07, 6.45) is 0.979. The highest BCUT2D eigenvalue weighted by Crippen LogP contribution is 2.21. The number of esters is 1. The topological polar surface area (TPSA) is 119 Å². The molecule has 0 unspecified atom stereocenters. The molecule has 0 saturated carbocycles. The lowest BCUT2D eigenvalue weighted by Gasteiger charge is -2.20. The zero-order chi connectivity index (χ0) is 19.4. The van der Waals surface area contributed by atoms with Gasteiger partial charge >= 0.3 is 12.0 Å². The summed E-state index contributed by atoms with van der Waals surface area (Å²) in [6.45, 7) is 4.46. The third-order valence-electron chi connectivity index (χ3n) is 2.66. The average Bonchev–Trinajstić information content (AvgIpc) is 2.41. The number of amides is 3. The number of imide groups is 1. The molecule has 25 heavy (non-hydrogen) atoms. The van der Waals surface area contributed by atoms with E-state index in [9.17, 15) is 22.8 Å². The fourth-order valence-electron chi connectivity index (χ4n) is 1.63. The average molecular weight is 391 g/mol. The molecule has 0 heterocycles. The van der Waals surface area contributed by atoms with Crippen LogP contribution in [0.15, 0.2) is 23.1 Å². The van der Waals surface area contributed by atoms with Crippen LogP contribution in [0.25, 0.3) is 0 Å². The van der Waals surface area contributed by atoms with E-state index in [0.29, 0.717) is 0 Å². The van der Waals surface area contributed by atoms with Gasteiger partial charge in [0.1, 0.15) is 0 Å². The first-order valence-electron chi connectivity index (χ1n) is 7.08. The number of urea groups is 1. The van der Waals surface area contributed by atoms with Crippen molar-refractivity contribution in [2.75, 3.05) is 12.9 Å². The molecular weight excluding hydrogens is 372 g/mol. The molecule has 0 saturated heterocycles. The lowest BCUT2D eigenvalue weighted by molar-refractivity contribution is -0.123. The number of benzene rings is 1. The second-order valence-corrected chi connectivity index (χ2v) is 8.67. The predicted molar refractivity (Wildman–Crippen MR) is 91.3 cm³/mol. The van der Waals surface area contributed by atoms with E-state index in [4.69, 9.17) is 16.3 Å². The number of carbonyl (C=O) groups excluding carboxylic acids is 3. The minimum atomic E-state index is -3.54. The Morgan fingerprint density at radius 1 is 1.20 bits per heavy atom. The molecule has 0 fully saturated rings. The molecule has 138 valence electrons. The van der Waals surface area contributed by atoms with Gasteiger partial charge in [0.05, 0.1) is 15.5 Å². The van der Waals surface area contributed by atoms with E-state index in [0.717, 1.165) is 12.3 Å². The van der Waals surface area contributed by atoms with E-state index in [1.807, 2.05) is 5.32 Å². The molecule has 0 bridgehead atoms. The Morgan fingerprint density at radius 2 is 1.80 bits per heavy atom. The van der Waals surface area contributed by atoms with Gasteiger partial charge in [0, 0.05) is 11.8 Å². The van der Waals surface area contributed by atoms with E-state index in [-0.39, 0.29) is 15.5 Å². The molecule has 1 rings (SSSR count). The SMILES string of the molecule is CC(C)(C)NC(=O)NC(=O)COC(=O)c1cc(S(C)(=O)=O)ccc1Cl. The highest BCUT2D eigenvalue weighted by Gasteiger charge is 2.19. The Hall–Kier alpha value is -2.13. The maximum absolute atomic E-state index is 12.0. The lowest BCUT2D eigenvalue weighted by Crippen LogP contribution is -2.49. The van der Waals surface area contributed by atoms with Crippen LogP contribution in [0.4, 0.5) is 4.79 Å². The Balaban J connectivity index is 2.71. The number of carbonyl (C=O) groups is 3. The molecular formula is C15H19ClN2O6S. The standard InChI is InChI=1S/C15H19ClN2O6S/c1-15(2,3)18-14(21)17-12(19)8-24-13(20)10-7-9(25(4,22)23)5-6-11(10)16/h5-7H,8H2,1-4H3,(H2,17,18,19,21). The molecule has 0 spiro atoms. The summed E-state index contributed by atoms with van der Waals surface area (Å²) in [7, 11) is -3.54. The van der Waals surface area contributed by atoms with Crippen LogP contribution in [0.1, 0.15) is 31.1 Å². The summed E-state index contributed by atoms with van der Waals surface area (Å²) < 4.78 is 27.8. The van der Waals surface area contributed by atoms with Crippen molar-refractivity contribution in [3.8, 4) is 0 Å². The zero-order valence-corrected chi connectivity index (χ0v) is 15.7. The first-order valence-corrected chi connectivity index (χ1v) is 9.35. The van der Waals surface area contributed by atoms with Gasteiger partial charge in [-0.2, -0.15) is 0 Å². The van der Waals surface area contributed by atoms with Crippen molar-refractivity contribution in [1.82, 2.24) is 10.6 Å². The van der Waals surface area contributed by atoms with Gasteiger partial charge < -0.3 is 10.1 Å². The van der Waals surface area contributed by atoms with Gasteiger partial charge in [0.15, 0.2) is 16.4 Å². The van der Waals surface area contributed by atoms with Crippen molar-refractivity contribution in [1.29, 1.82) is 0 Å². The van der Waals surface area contributed by atoms with Gasteiger partial charge in [-0.1, -0.05) is 11.6 Å². The summed E-state index contributed by atoms with van der Waals surface area (Å²) in [4.78, 5) is 35.0. The molecule has 8 nitrogen and oxygen atoms in total. The molecule has 0 aliphatic carbocycles. The van der Waals surface area contributed by atoms with Crippen molar-refractivity contribution in [3.63, 3.8) is 0 Å². The van der Waals surface area contributed by atoms with Crippen LogP contribution in [0.5, 0.6) is 0 Å². The van der Waals surface area contributed by atoms with E-state index in [1.54, 1.807) is 20.8 Å². The maximum atomic E-state index is 12.0. The lowest BCUT2D eigenvalue weighted by atomic mass is 10.1. The summed E-state index contributed by atoms with van der Waals surface area (Å²) in [6, 6.07) is 2.82. The zero-order valence-electron chi connectivity index (χ0n) is 14.2. The molecule has 3 amide bonds. The second-order valence-electron chi connectivity index (χ2n) is 6.24. The summed E-state index contributed by atoms with van der Waals surface area (Å²) >= 11 is 5.85. The van der Waals surface area contributed by atoms with Gasteiger partial charge in [0.2, 0.25) is 0 Å². The monoisotopic (exact) mass is 390 g/mol. The first-order chi connectivity index (χ1) is 11.3. The van der Waals surface area contributed by atoms with E-state index in [2.05, 4.69) is 5.32 Å². The minimum Gasteiger partial charge on any atom is -0.452 e. The minimum absolute atomic E-state index is 0.0247. The summed E-state index contributed by atoms with van der Waals surface area (Å²) in [5, 5.41) is 4.48. The number of rotatable bonds is 4. The largest absolute Gasteiger partial charge is 0.452 e. The third-order valence-corrected chi connectivity index (χ3v) is 4.10. The van der Waals surface area contributed by atoms with Crippen LogP contribution >= 0.6 is 11.6 Å². The van der Waals surface area contributed by atoms with Crippen molar-refractivity contribution < 1.29 is 27.5 Å². The normalized spacial score (nSPS) is 11.6. The third kappa shape index (κ3) is 7.10. The molecule has 0 atom stereocenters. The first kappa shape index (κ1) is 20.9. The molecule has 1 aromatic rings. The van der Waals surface area contributed by atoms with Gasteiger partial charge in [-0.25, -0.2) is 18.0 Å². The Labute approximate surface area is 150 Å². The van der Waals surface area contributed by atoms with Gasteiger partial charge in [-0.05, 0) is 39.0 Å². The molecule has 0 aromatic heterocycles. The fourth-order valence-corrected chi connectivity index (χ4v) is 2.48. The second kappa shape index (κ2) is 7.83. The van der Waals surface area contributed by atoms with Gasteiger partial charge in [-0.15, -0.1) is 0 Å². The smallest absolute Gasteiger partial charge is 0.340 e. The maximum Gasteiger partial charge on any atom is 0.340 e. The molecule has 0 aliphatic heterocycles. The molecule has 0 aliphatic rings. The fraction of sp³-hybridized carbons (Fsp3) is 0.400. The highest BCUT2D eigenvalue weighted by molar-refractivity contribution is 7.90. The molecule has 0 radical (unpaired) electrons. The Bertz CT molecular complexity index is 799.